The Kier molecular flexibility index (Phi) is 6.75. The van der Waals surface area contributed by atoms with Gasteiger partial charge in [-0.2, -0.15) is 0 Å². The van der Waals surface area contributed by atoms with Crippen molar-refractivity contribution >= 4 is 17.5 Å². The smallest absolute Gasteiger partial charge is 0.220 e. The molecule has 18 heavy (non-hydrogen) atoms. The van der Waals surface area contributed by atoms with Crippen molar-refractivity contribution in [3.8, 4) is 17.6 Å². The molecule has 1 N–H and O–H groups in total. The summed E-state index contributed by atoms with van der Waals surface area (Å²) in [6.45, 7) is 2.57. The summed E-state index contributed by atoms with van der Waals surface area (Å²) in [7, 11) is 0. The van der Waals surface area contributed by atoms with Crippen molar-refractivity contribution in [1.82, 2.24) is 5.32 Å². The number of hydrogen-bond acceptors (Lipinski definition) is 2. The molecule has 1 aromatic carbocycles. The molecule has 0 spiro atoms. The standard InChI is InChI=1S/C14H16ClNO2/c1-2-7-14(17)16-10-5-6-11-18-13-9-4-3-8-12(13)15/h3-4,8-9H,2,7,10-11H2,1H3,(H,16,17). The minimum atomic E-state index is 0.0267. The molecule has 0 aliphatic carbocycles. The van der Waals surface area contributed by atoms with Crippen LogP contribution < -0.4 is 10.1 Å². The molecular weight excluding hydrogens is 250 g/mol. The Labute approximate surface area is 112 Å². The van der Waals surface area contributed by atoms with E-state index in [1.165, 1.54) is 0 Å². The van der Waals surface area contributed by atoms with Gasteiger partial charge in [-0.3, -0.25) is 4.79 Å². The number of ether oxygens (including phenoxy) is 1. The van der Waals surface area contributed by atoms with E-state index in [1.807, 2.05) is 19.1 Å². The highest BCUT2D eigenvalue weighted by molar-refractivity contribution is 6.32. The summed E-state index contributed by atoms with van der Waals surface area (Å²) in [6, 6.07) is 7.23. The topological polar surface area (TPSA) is 38.3 Å². The van der Waals surface area contributed by atoms with Crippen molar-refractivity contribution in [2.45, 2.75) is 19.8 Å². The number of hydrogen-bond donors (Lipinski definition) is 1. The third-order valence-electron chi connectivity index (χ3n) is 2.11. The normalized spacial score (nSPS) is 9.22. The molecule has 0 bridgehead atoms. The molecule has 0 fully saturated rings. The largest absolute Gasteiger partial charge is 0.479 e. The summed E-state index contributed by atoms with van der Waals surface area (Å²) in [6.07, 6.45) is 1.38. The molecule has 0 atom stereocenters. The summed E-state index contributed by atoms with van der Waals surface area (Å²) >= 11 is 5.91. The van der Waals surface area contributed by atoms with Gasteiger partial charge in [-0.1, -0.05) is 42.5 Å². The zero-order valence-electron chi connectivity index (χ0n) is 10.3. The van der Waals surface area contributed by atoms with Crippen LogP contribution >= 0.6 is 11.6 Å². The average Bonchev–Trinajstić information content (AvgIpc) is 2.36. The summed E-state index contributed by atoms with van der Waals surface area (Å²) in [4.78, 5) is 11.1. The van der Waals surface area contributed by atoms with Gasteiger partial charge in [0.15, 0.2) is 0 Å². The Balaban J connectivity index is 2.22. The van der Waals surface area contributed by atoms with Crippen molar-refractivity contribution in [2.24, 2.45) is 0 Å². The highest BCUT2D eigenvalue weighted by Gasteiger charge is 1.97. The van der Waals surface area contributed by atoms with Gasteiger partial charge >= 0.3 is 0 Å². The number of nitrogens with one attached hydrogen (secondary N) is 1. The molecule has 0 aromatic heterocycles. The molecule has 0 unspecified atom stereocenters. The van der Waals surface area contributed by atoms with Gasteiger partial charge in [0.05, 0.1) is 11.6 Å². The van der Waals surface area contributed by atoms with Gasteiger partial charge in [0, 0.05) is 6.42 Å². The van der Waals surface area contributed by atoms with Crippen molar-refractivity contribution in [3.05, 3.63) is 29.3 Å². The lowest BCUT2D eigenvalue weighted by molar-refractivity contribution is -0.120. The van der Waals surface area contributed by atoms with Gasteiger partial charge < -0.3 is 10.1 Å². The van der Waals surface area contributed by atoms with Crippen LogP contribution in [0.5, 0.6) is 5.75 Å². The van der Waals surface area contributed by atoms with Gasteiger partial charge in [0.2, 0.25) is 5.91 Å². The number of benzene rings is 1. The maximum Gasteiger partial charge on any atom is 0.220 e. The van der Waals surface area contributed by atoms with Gasteiger partial charge in [0.25, 0.3) is 0 Å². The second-order valence-corrected chi connectivity index (χ2v) is 4.01. The zero-order valence-corrected chi connectivity index (χ0v) is 11.1. The Morgan fingerprint density at radius 1 is 1.39 bits per heavy atom. The second kappa shape index (κ2) is 8.43. The number of halogens is 1. The molecular formula is C14H16ClNO2. The zero-order chi connectivity index (χ0) is 13.2. The molecule has 1 amide bonds. The second-order valence-electron chi connectivity index (χ2n) is 3.60. The SMILES string of the molecule is CCCC(=O)NCC#CCOc1ccccc1Cl. The number of para-hydroxylation sites is 1. The molecule has 0 aliphatic rings. The van der Waals surface area contributed by atoms with Crippen molar-refractivity contribution in [2.75, 3.05) is 13.2 Å². The Hall–Kier alpha value is -1.66. The Morgan fingerprint density at radius 3 is 2.89 bits per heavy atom. The van der Waals surface area contributed by atoms with Crippen molar-refractivity contribution < 1.29 is 9.53 Å². The first-order valence-corrected chi connectivity index (χ1v) is 6.21. The summed E-state index contributed by atoms with van der Waals surface area (Å²) in [5.74, 6) is 6.27. The van der Waals surface area contributed by atoms with Crippen LogP contribution in [0.25, 0.3) is 0 Å². The van der Waals surface area contributed by atoms with E-state index in [0.717, 1.165) is 6.42 Å². The monoisotopic (exact) mass is 265 g/mol. The highest BCUT2D eigenvalue weighted by atomic mass is 35.5. The van der Waals surface area contributed by atoms with Crippen LogP contribution in [-0.4, -0.2) is 19.1 Å². The van der Waals surface area contributed by atoms with E-state index in [1.54, 1.807) is 12.1 Å². The maximum atomic E-state index is 11.1. The molecule has 0 heterocycles. The maximum absolute atomic E-state index is 11.1. The lowest BCUT2D eigenvalue weighted by Gasteiger charge is -2.03. The number of rotatable bonds is 5. The third kappa shape index (κ3) is 5.60. The van der Waals surface area contributed by atoms with Crippen LogP contribution in [0.4, 0.5) is 0 Å². The molecule has 0 saturated heterocycles. The molecule has 1 rings (SSSR count). The highest BCUT2D eigenvalue weighted by Crippen LogP contribution is 2.22. The first-order chi connectivity index (χ1) is 8.74. The van der Waals surface area contributed by atoms with Crippen LogP contribution in [0.2, 0.25) is 5.02 Å². The third-order valence-corrected chi connectivity index (χ3v) is 2.42. The van der Waals surface area contributed by atoms with Gasteiger partial charge in [-0.05, 0) is 18.6 Å². The predicted octanol–water partition coefficient (Wildman–Crippen LogP) is 2.64. The predicted molar refractivity (Wildman–Crippen MR) is 72.6 cm³/mol. The van der Waals surface area contributed by atoms with Crippen molar-refractivity contribution in [3.63, 3.8) is 0 Å². The number of carbonyl (C=O) groups excluding carboxylic acids is 1. The summed E-state index contributed by atoms with van der Waals surface area (Å²) in [5, 5.41) is 3.26. The van der Waals surface area contributed by atoms with Crippen LogP contribution in [-0.2, 0) is 4.79 Å². The Bertz CT molecular complexity index is 449. The first kappa shape index (κ1) is 14.4. The molecule has 3 nitrogen and oxygen atoms in total. The van der Waals surface area contributed by atoms with Gasteiger partial charge in [0.1, 0.15) is 12.4 Å². The lowest BCUT2D eigenvalue weighted by Crippen LogP contribution is -2.22. The molecule has 0 radical (unpaired) electrons. The van der Waals surface area contributed by atoms with E-state index in [0.29, 0.717) is 23.7 Å². The van der Waals surface area contributed by atoms with E-state index < -0.39 is 0 Å². The summed E-state index contributed by atoms with van der Waals surface area (Å²) < 4.78 is 5.37. The minimum absolute atomic E-state index is 0.0267. The van der Waals surface area contributed by atoms with E-state index in [9.17, 15) is 4.79 Å². The van der Waals surface area contributed by atoms with E-state index in [2.05, 4.69) is 17.2 Å². The van der Waals surface area contributed by atoms with Gasteiger partial charge in [-0.25, -0.2) is 0 Å². The molecule has 96 valence electrons. The fraction of sp³-hybridized carbons (Fsp3) is 0.357. The van der Waals surface area contributed by atoms with E-state index in [4.69, 9.17) is 16.3 Å². The summed E-state index contributed by atoms with van der Waals surface area (Å²) in [5.41, 5.74) is 0. The van der Waals surface area contributed by atoms with E-state index >= 15 is 0 Å². The van der Waals surface area contributed by atoms with Crippen LogP contribution in [0, 0.1) is 11.8 Å². The minimum Gasteiger partial charge on any atom is -0.479 e. The number of carbonyl (C=O) groups is 1. The molecule has 0 aliphatic heterocycles. The molecule has 4 heteroatoms. The fourth-order valence-corrected chi connectivity index (χ4v) is 1.44. The molecule has 0 saturated carbocycles. The molecule has 1 aromatic rings. The average molecular weight is 266 g/mol. The first-order valence-electron chi connectivity index (χ1n) is 5.83. The quantitative estimate of drug-likeness (QED) is 0.831. The van der Waals surface area contributed by atoms with Crippen LogP contribution in [0.15, 0.2) is 24.3 Å². The number of amides is 1. The van der Waals surface area contributed by atoms with Gasteiger partial charge in [-0.15, -0.1) is 0 Å². The van der Waals surface area contributed by atoms with Crippen LogP contribution in [0.3, 0.4) is 0 Å². The van der Waals surface area contributed by atoms with Crippen LogP contribution in [0.1, 0.15) is 19.8 Å². The lowest BCUT2D eigenvalue weighted by atomic mass is 10.3. The van der Waals surface area contributed by atoms with Crippen molar-refractivity contribution in [1.29, 1.82) is 0 Å². The fourth-order valence-electron chi connectivity index (χ4n) is 1.25. The van der Waals surface area contributed by atoms with E-state index in [-0.39, 0.29) is 12.5 Å². The Morgan fingerprint density at radius 2 is 2.17 bits per heavy atom.